The maximum absolute atomic E-state index is 3.65. The number of alkyl halides is 1. The fraction of sp³-hybridized carbons (Fsp3) is 0.455. The first kappa shape index (κ1) is 14.1. The van der Waals surface area contributed by atoms with E-state index in [-0.39, 0.29) is 17.0 Å². The van der Waals surface area contributed by atoms with Crippen LogP contribution in [0.5, 0.6) is 0 Å². The molecule has 80 valence electrons. The number of rotatable bonds is 5. The van der Waals surface area contributed by atoms with Gasteiger partial charge in [-0.15, -0.1) is 17.0 Å². The Morgan fingerprint density at radius 1 is 1.29 bits per heavy atom. The fourth-order valence-electron chi connectivity index (χ4n) is 1.19. The number of hydrogen-bond donors (Lipinski definition) is 1. The standard InChI is InChI=1S/C11H16BrN.BrH/c1-2-8-13-9-11(12)10-6-4-3-5-7-10;/h3-7,11,13H,2,8-9H2,1H3;1H. The summed E-state index contributed by atoms with van der Waals surface area (Å²) < 4.78 is 0. The minimum absolute atomic E-state index is 0. The third kappa shape index (κ3) is 5.13. The molecule has 0 fully saturated rings. The summed E-state index contributed by atoms with van der Waals surface area (Å²) in [4.78, 5) is 0.431. The van der Waals surface area contributed by atoms with Crippen LogP contribution in [0.25, 0.3) is 0 Å². The highest BCUT2D eigenvalue weighted by Gasteiger charge is 2.04. The molecular weight excluding hydrogens is 306 g/mol. The lowest BCUT2D eigenvalue weighted by Gasteiger charge is -2.10. The molecule has 1 nitrogen and oxygen atoms in total. The second-order valence-electron chi connectivity index (χ2n) is 3.08. The molecular formula is C11H17Br2N. The first-order valence-corrected chi connectivity index (χ1v) is 5.66. The summed E-state index contributed by atoms with van der Waals surface area (Å²) in [5.74, 6) is 0. The Balaban J connectivity index is 0.00000169. The van der Waals surface area contributed by atoms with Crippen molar-refractivity contribution in [2.24, 2.45) is 0 Å². The monoisotopic (exact) mass is 321 g/mol. The molecule has 0 aliphatic heterocycles. The van der Waals surface area contributed by atoms with Crippen molar-refractivity contribution in [3.05, 3.63) is 35.9 Å². The maximum atomic E-state index is 3.65. The normalized spacial score (nSPS) is 11.9. The van der Waals surface area contributed by atoms with E-state index in [1.54, 1.807) is 0 Å². The van der Waals surface area contributed by atoms with E-state index in [1.165, 1.54) is 12.0 Å². The predicted molar refractivity (Wildman–Crippen MR) is 71.6 cm³/mol. The van der Waals surface area contributed by atoms with Crippen molar-refractivity contribution in [3.63, 3.8) is 0 Å². The molecule has 0 saturated heterocycles. The van der Waals surface area contributed by atoms with Gasteiger partial charge in [0.05, 0.1) is 4.83 Å². The minimum Gasteiger partial charge on any atom is -0.315 e. The molecule has 0 heterocycles. The molecule has 0 bridgehead atoms. The third-order valence-electron chi connectivity index (χ3n) is 1.91. The highest BCUT2D eigenvalue weighted by atomic mass is 79.9. The zero-order valence-electron chi connectivity index (χ0n) is 8.37. The smallest absolute Gasteiger partial charge is 0.0519 e. The lowest BCUT2D eigenvalue weighted by atomic mass is 10.1. The molecule has 1 aromatic rings. The summed E-state index contributed by atoms with van der Waals surface area (Å²) in [5.41, 5.74) is 1.34. The average Bonchev–Trinajstić information content (AvgIpc) is 2.19. The Kier molecular flexibility index (Phi) is 8.53. The second-order valence-corrected chi connectivity index (χ2v) is 4.19. The van der Waals surface area contributed by atoms with Gasteiger partial charge in [-0.05, 0) is 18.5 Å². The maximum Gasteiger partial charge on any atom is 0.0519 e. The molecule has 1 N–H and O–H groups in total. The van der Waals surface area contributed by atoms with Gasteiger partial charge in [0.15, 0.2) is 0 Å². The van der Waals surface area contributed by atoms with Crippen LogP contribution in [0.15, 0.2) is 30.3 Å². The van der Waals surface area contributed by atoms with Gasteiger partial charge in [0, 0.05) is 6.54 Å². The van der Waals surface area contributed by atoms with Gasteiger partial charge in [0.2, 0.25) is 0 Å². The predicted octanol–water partition coefficient (Wildman–Crippen LogP) is 3.70. The number of halogens is 2. The average molecular weight is 323 g/mol. The summed E-state index contributed by atoms with van der Waals surface area (Å²) >= 11 is 3.65. The Morgan fingerprint density at radius 2 is 1.93 bits per heavy atom. The van der Waals surface area contributed by atoms with Crippen LogP contribution in [0.2, 0.25) is 0 Å². The van der Waals surface area contributed by atoms with Crippen LogP contribution in [0, 0.1) is 0 Å². The number of benzene rings is 1. The van der Waals surface area contributed by atoms with Gasteiger partial charge < -0.3 is 5.32 Å². The van der Waals surface area contributed by atoms with Crippen LogP contribution in [-0.4, -0.2) is 13.1 Å². The van der Waals surface area contributed by atoms with Gasteiger partial charge in [-0.25, -0.2) is 0 Å². The summed E-state index contributed by atoms with van der Waals surface area (Å²) in [6, 6.07) is 10.5. The zero-order chi connectivity index (χ0) is 9.52. The van der Waals surface area contributed by atoms with Crippen molar-refractivity contribution in [2.45, 2.75) is 18.2 Å². The third-order valence-corrected chi connectivity index (χ3v) is 2.76. The van der Waals surface area contributed by atoms with E-state index < -0.39 is 0 Å². The summed E-state index contributed by atoms with van der Waals surface area (Å²) in [5, 5.41) is 3.39. The van der Waals surface area contributed by atoms with Crippen LogP contribution in [0.3, 0.4) is 0 Å². The summed E-state index contributed by atoms with van der Waals surface area (Å²) in [7, 11) is 0. The Labute approximate surface area is 105 Å². The van der Waals surface area contributed by atoms with E-state index >= 15 is 0 Å². The molecule has 3 heteroatoms. The van der Waals surface area contributed by atoms with Crippen molar-refractivity contribution >= 4 is 32.9 Å². The SMILES string of the molecule is Br.CCCNCC(Br)c1ccccc1. The van der Waals surface area contributed by atoms with Crippen molar-refractivity contribution < 1.29 is 0 Å². The summed E-state index contributed by atoms with van der Waals surface area (Å²) in [6.45, 7) is 4.27. The van der Waals surface area contributed by atoms with Gasteiger partial charge in [-0.3, -0.25) is 0 Å². The number of hydrogen-bond acceptors (Lipinski definition) is 1. The highest BCUT2D eigenvalue weighted by molar-refractivity contribution is 9.09. The van der Waals surface area contributed by atoms with Crippen molar-refractivity contribution in [2.75, 3.05) is 13.1 Å². The van der Waals surface area contributed by atoms with Crippen LogP contribution in [-0.2, 0) is 0 Å². The molecule has 1 aromatic carbocycles. The quantitative estimate of drug-likeness (QED) is 0.644. The van der Waals surface area contributed by atoms with Gasteiger partial charge >= 0.3 is 0 Å². The fourth-order valence-corrected chi connectivity index (χ4v) is 1.72. The first-order chi connectivity index (χ1) is 6.34. The van der Waals surface area contributed by atoms with Gasteiger partial charge in [0.25, 0.3) is 0 Å². The second kappa shape index (κ2) is 8.45. The largest absolute Gasteiger partial charge is 0.315 e. The molecule has 0 aliphatic rings. The number of nitrogens with one attached hydrogen (secondary N) is 1. The molecule has 0 spiro atoms. The molecule has 0 aliphatic carbocycles. The van der Waals surface area contributed by atoms with Gasteiger partial charge in [-0.2, -0.15) is 0 Å². The minimum atomic E-state index is 0. The molecule has 0 saturated carbocycles. The first-order valence-electron chi connectivity index (χ1n) is 4.74. The van der Waals surface area contributed by atoms with Gasteiger partial charge in [0.1, 0.15) is 0 Å². The van der Waals surface area contributed by atoms with Crippen LogP contribution < -0.4 is 5.32 Å². The van der Waals surface area contributed by atoms with E-state index in [1.807, 2.05) is 6.07 Å². The van der Waals surface area contributed by atoms with Crippen molar-refractivity contribution in [3.8, 4) is 0 Å². The summed E-state index contributed by atoms with van der Waals surface area (Å²) in [6.07, 6.45) is 1.19. The van der Waals surface area contributed by atoms with E-state index in [2.05, 4.69) is 52.4 Å². The van der Waals surface area contributed by atoms with Crippen LogP contribution in [0.4, 0.5) is 0 Å². The Morgan fingerprint density at radius 3 is 2.50 bits per heavy atom. The Hall–Kier alpha value is 0.140. The van der Waals surface area contributed by atoms with Crippen LogP contribution >= 0.6 is 32.9 Å². The van der Waals surface area contributed by atoms with Crippen LogP contribution in [0.1, 0.15) is 23.7 Å². The Bertz CT molecular complexity index is 226. The molecule has 1 atom stereocenters. The van der Waals surface area contributed by atoms with E-state index in [9.17, 15) is 0 Å². The molecule has 1 rings (SSSR count). The van der Waals surface area contributed by atoms with Crippen molar-refractivity contribution in [1.82, 2.24) is 5.32 Å². The van der Waals surface area contributed by atoms with Crippen molar-refractivity contribution in [1.29, 1.82) is 0 Å². The zero-order valence-corrected chi connectivity index (χ0v) is 11.7. The highest BCUT2D eigenvalue weighted by Crippen LogP contribution is 2.20. The molecule has 0 radical (unpaired) electrons. The molecule has 0 aromatic heterocycles. The van der Waals surface area contributed by atoms with E-state index in [0.717, 1.165) is 13.1 Å². The molecule has 0 amide bonds. The van der Waals surface area contributed by atoms with Gasteiger partial charge in [-0.1, -0.05) is 53.2 Å². The molecule has 14 heavy (non-hydrogen) atoms. The lowest BCUT2D eigenvalue weighted by molar-refractivity contribution is 0.669. The lowest BCUT2D eigenvalue weighted by Crippen LogP contribution is -2.19. The molecule has 1 unspecified atom stereocenters. The van der Waals surface area contributed by atoms with E-state index in [0.29, 0.717) is 4.83 Å². The topological polar surface area (TPSA) is 12.0 Å². The van der Waals surface area contributed by atoms with E-state index in [4.69, 9.17) is 0 Å².